The van der Waals surface area contributed by atoms with Gasteiger partial charge in [0.25, 0.3) is 5.95 Å². The number of amides is 1. The number of benzene rings is 1. The number of carbonyl (C=O) groups excluding carboxylic acids is 1. The van der Waals surface area contributed by atoms with Crippen molar-refractivity contribution in [3.63, 3.8) is 0 Å². The van der Waals surface area contributed by atoms with Crippen LogP contribution >= 0.6 is 0 Å². The fraction of sp³-hybridized carbons (Fsp3) is 0.143. The lowest BCUT2D eigenvalue weighted by Gasteiger charge is -2.07. The third kappa shape index (κ3) is 3.68. The molecule has 0 radical (unpaired) electrons. The summed E-state index contributed by atoms with van der Waals surface area (Å²) in [4.78, 5) is 15.1. The van der Waals surface area contributed by atoms with E-state index in [1.54, 1.807) is 0 Å². The quantitative estimate of drug-likeness (QED) is 0.872. The van der Waals surface area contributed by atoms with E-state index in [4.69, 9.17) is 9.47 Å². The van der Waals surface area contributed by atoms with Crippen LogP contribution in [-0.2, 0) is 11.3 Å². The predicted octanol–water partition coefficient (Wildman–Crippen LogP) is 2.98. The van der Waals surface area contributed by atoms with Gasteiger partial charge in [0, 0.05) is 0 Å². The lowest BCUT2D eigenvalue weighted by atomic mass is 10.2. The number of nitrogens with zero attached hydrogens (tertiary/aromatic N) is 1. The lowest BCUT2D eigenvalue weighted by Crippen LogP contribution is -2.14. The molecule has 0 atom stereocenters. The lowest BCUT2D eigenvalue weighted by molar-refractivity contribution is 0.155. The molecule has 0 saturated heterocycles. The van der Waals surface area contributed by atoms with Crippen LogP contribution in [0.4, 0.5) is 15.0 Å². The smallest absolute Gasteiger partial charge is 0.413 e. The van der Waals surface area contributed by atoms with Crippen molar-refractivity contribution in [1.29, 1.82) is 0 Å². The van der Waals surface area contributed by atoms with Gasteiger partial charge in [0.15, 0.2) is 5.75 Å². The second kappa shape index (κ2) is 6.51. The first-order valence-corrected chi connectivity index (χ1v) is 5.87. The number of pyridine rings is 1. The van der Waals surface area contributed by atoms with Crippen molar-refractivity contribution in [3.8, 4) is 5.75 Å². The molecule has 0 aliphatic carbocycles. The van der Waals surface area contributed by atoms with Gasteiger partial charge in [-0.1, -0.05) is 30.3 Å². The first-order chi connectivity index (χ1) is 9.69. The van der Waals surface area contributed by atoms with Crippen LogP contribution in [-0.4, -0.2) is 18.2 Å². The summed E-state index contributed by atoms with van der Waals surface area (Å²) in [6.07, 6.45) is -0.703. The van der Waals surface area contributed by atoms with Crippen LogP contribution in [0.5, 0.6) is 5.75 Å². The Morgan fingerprint density at radius 3 is 2.65 bits per heavy atom. The topological polar surface area (TPSA) is 60.5 Å². The molecule has 0 unspecified atom stereocenters. The van der Waals surface area contributed by atoms with E-state index in [0.717, 1.165) is 5.56 Å². The van der Waals surface area contributed by atoms with E-state index in [-0.39, 0.29) is 18.2 Å². The van der Waals surface area contributed by atoms with Gasteiger partial charge in [-0.3, -0.25) is 5.32 Å². The SMILES string of the molecule is COc1ccc(NC(=O)OCc2ccccc2)nc1F. The highest BCUT2D eigenvalue weighted by molar-refractivity contribution is 5.83. The molecule has 0 saturated carbocycles. The van der Waals surface area contributed by atoms with Crippen LogP contribution in [0.1, 0.15) is 5.56 Å². The van der Waals surface area contributed by atoms with Crippen molar-refractivity contribution in [2.24, 2.45) is 0 Å². The zero-order valence-electron chi connectivity index (χ0n) is 10.8. The molecule has 0 spiro atoms. The monoisotopic (exact) mass is 276 g/mol. The summed E-state index contributed by atoms with van der Waals surface area (Å²) in [7, 11) is 1.33. The Morgan fingerprint density at radius 1 is 1.25 bits per heavy atom. The van der Waals surface area contributed by atoms with Gasteiger partial charge in [0.1, 0.15) is 12.4 Å². The minimum atomic E-state index is -0.798. The summed E-state index contributed by atoms with van der Waals surface area (Å²) < 4.78 is 23.0. The molecule has 0 aliphatic heterocycles. The fourth-order valence-electron chi connectivity index (χ4n) is 1.51. The summed E-state index contributed by atoms with van der Waals surface area (Å²) >= 11 is 0. The van der Waals surface area contributed by atoms with Gasteiger partial charge in [0.05, 0.1) is 7.11 Å². The highest BCUT2D eigenvalue weighted by atomic mass is 19.1. The van der Waals surface area contributed by atoms with Crippen molar-refractivity contribution >= 4 is 11.9 Å². The van der Waals surface area contributed by atoms with Crippen molar-refractivity contribution in [2.45, 2.75) is 6.61 Å². The summed E-state index contributed by atoms with van der Waals surface area (Å²) in [6, 6.07) is 12.0. The van der Waals surface area contributed by atoms with E-state index in [1.807, 2.05) is 30.3 Å². The molecule has 1 N–H and O–H groups in total. The third-order valence-electron chi connectivity index (χ3n) is 2.48. The summed E-state index contributed by atoms with van der Waals surface area (Å²) in [5.41, 5.74) is 0.858. The summed E-state index contributed by atoms with van der Waals surface area (Å²) in [6.45, 7) is 0.130. The molecule has 6 heteroatoms. The molecule has 2 rings (SSSR count). The van der Waals surface area contributed by atoms with Crippen LogP contribution in [0.25, 0.3) is 0 Å². The zero-order valence-corrected chi connectivity index (χ0v) is 10.8. The molecule has 0 bridgehead atoms. The number of halogens is 1. The van der Waals surface area contributed by atoms with Crippen LogP contribution in [0.2, 0.25) is 0 Å². The predicted molar refractivity (Wildman–Crippen MR) is 71.0 cm³/mol. The maximum atomic E-state index is 13.3. The maximum absolute atomic E-state index is 13.3. The molecule has 1 aromatic carbocycles. The van der Waals surface area contributed by atoms with Crippen molar-refractivity contribution in [3.05, 3.63) is 54.0 Å². The Bertz CT molecular complexity index is 590. The summed E-state index contributed by atoms with van der Waals surface area (Å²) in [5.74, 6) is -0.733. The van der Waals surface area contributed by atoms with Gasteiger partial charge in [-0.05, 0) is 17.7 Å². The largest absolute Gasteiger partial charge is 0.492 e. The van der Waals surface area contributed by atoms with E-state index in [9.17, 15) is 9.18 Å². The van der Waals surface area contributed by atoms with E-state index in [1.165, 1.54) is 19.2 Å². The average molecular weight is 276 g/mol. The minimum absolute atomic E-state index is 0.00760. The fourth-order valence-corrected chi connectivity index (χ4v) is 1.51. The summed E-state index contributed by atoms with van der Waals surface area (Å²) in [5, 5.41) is 2.34. The molecule has 20 heavy (non-hydrogen) atoms. The number of ether oxygens (including phenoxy) is 2. The maximum Gasteiger partial charge on any atom is 0.413 e. The molecule has 0 aliphatic rings. The van der Waals surface area contributed by atoms with Crippen molar-refractivity contribution < 1.29 is 18.7 Å². The molecular weight excluding hydrogens is 263 g/mol. The number of rotatable bonds is 4. The standard InChI is InChI=1S/C14H13FN2O3/c1-19-11-7-8-12(16-13(11)15)17-14(18)20-9-10-5-3-2-4-6-10/h2-8H,9H2,1H3,(H,16,17,18). The molecule has 5 nitrogen and oxygen atoms in total. The minimum Gasteiger partial charge on any atom is -0.492 e. The van der Waals surface area contributed by atoms with Gasteiger partial charge in [0.2, 0.25) is 0 Å². The molecule has 1 amide bonds. The van der Waals surface area contributed by atoms with Gasteiger partial charge in [-0.15, -0.1) is 0 Å². The average Bonchev–Trinajstić information content (AvgIpc) is 2.46. The second-order valence-electron chi connectivity index (χ2n) is 3.88. The Balaban J connectivity index is 1.90. The first-order valence-electron chi connectivity index (χ1n) is 5.87. The van der Waals surface area contributed by atoms with E-state index in [0.29, 0.717) is 0 Å². The first kappa shape index (κ1) is 13.8. The van der Waals surface area contributed by atoms with Crippen LogP contribution in [0.3, 0.4) is 0 Å². The second-order valence-corrected chi connectivity index (χ2v) is 3.88. The highest BCUT2D eigenvalue weighted by Gasteiger charge is 2.08. The number of hydrogen-bond acceptors (Lipinski definition) is 4. The van der Waals surface area contributed by atoms with E-state index < -0.39 is 12.0 Å². The number of carbonyl (C=O) groups is 1. The number of methoxy groups -OCH3 is 1. The molecule has 0 fully saturated rings. The van der Waals surface area contributed by atoms with Crippen molar-refractivity contribution in [1.82, 2.24) is 4.98 Å². The normalized spacial score (nSPS) is 9.90. The van der Waals surface area contributed by atoms with Crippen LogP contribution in [0, 0.1) is 5.95 Å². The Hall–Kier alpha value is -2.63. The molecule has 104 valence electrons. The van der Waals surface area contributed by atoms with Gasteiger partial charge >= 0.3 is 6.09 Å². The number of anilines is 1. The number of aromatic nitrogens is 1. The highest BCUT2D eigenvalue weighted by Crippen LogP contribution is 2.16. The number of hydrogen-bond donors (Lipinski definition) is 1. The molecule has 1 heterocycles. The Kier molecular flexibility index (Phi) is 4.49. The van der Waals surface area contributed by atoms with Gasteiger partial charge in [-0.25, -0.2) is 4.79 Å². The molecule has 2 aromatic rings. The van der Waals surface area contributed by atoms with E-state index in [2.05, 4.69) is 10.3 Å². The molecular formula is C14H13FN2O3. The van der Waals surface area contributed by atoms with Crippen LogP contribution < -0.4 is 10.1 Å². The van der Waals surface area contributed by atoms with Crippen LogP contribution in [0.15, 0.2) is 42.5 Å². The zero-order chi connectivity index (χ0) is 14.4. The Labute approximate surface area is 115 Å². The molecule has 1 aromatic heterocycles. The third-order valence-corrected chi connectivity index (χ3v) is 2.48. The number of nitrogens with one attached hydrogen (secondary N) is 1. The Morgan fingerprint density at radius 2 is 2.00 bits per heavy atom. The van der Waals surface area contributed by atoms with Gasteiger partial charge in [-0.2, -0.15) is 9.37 Å². The van der Waals surface area contributed by atoms with Crippen molar-refractivity contribution in [2.75, 3.05) is 12.4 Å². The van der Waals surface area contributed by atoms with Gasteiger partial charge < -0.3 is 9.47 Å². The van der Waals surface area contributed by atoms with E-state index >= 15 is 0 Å².